The molecule has 27 heavy (non-hydrogen) atoms. The van der Waals surface area contributed by atoms with E-state index in [-0.39, 0.29) is 0 Å². The molecule has 0 fully saturated rings. The number of imidazole rings is 1. The zero-order valence-electron chi connectivity index (χ0n) is 14.8. The monoisotopic (exact) mass is 377 g/mol. The molecule has 136 valence electrons. The molecule has 0 unspecified atom stereocenters. The van der Waals surface area contributed by atoms with Gasteiger partial charge in [-0.25, -0.2) is 4.98 Å². The summed E-state index contributed by atoms with van der Waals surface area (Å²) in [6.07, 6.45) is 2.64. The maximum Gasteiger partial charge on any atom is 0.129 e. The SMILES string of the molecule is Clc1cccc(CCNCc2ccc(Oc3ccc4nc[nH]c4c3)cc2)c1. The molecule has 0 aliphatic rings. The van der Waals surface area contributed by atoms with Gasteiger partial charge in [0.1, 0.15) is 11.5 Å². The number of fused-ring (bicyclic) bond motifs is 1. The van der Waals surface area contributed by atoms with Crippen molar-refractivity contribution >= 4 is 22.6 Å². The molecule has 0 bridgehead atoms. The average molecular weight is 378 g/mol. The minimum Gasteiger partial charge on any atom is -0.457 e. The van der Waals surface area contributed by atoms with Crippen molar-refractivity contribution in [1.82, 2.24) is 15.3 Å². The Morgan fingerprint density at radius 3 is 2.63 bits per heavy atom. The number of nitrogens with one attached hydrogen (secondary N) is 2. The van der Waals surface area contributed by atoms with Gasteiger partial charge in [-0.05, 0) is 60.5 Å². The van der Waals surface area contributed by atoms with E-state index in [4.69, 9.17) is 16.3 Å². The smallest absolute Gasteiger partial charge is 0.129 e. The highest BCUT2D eigenvalue weighted by atomic mass is 35.5. The van der Waals surface area contributed by atoms with E-state index >= 15 is 0 Å². The number of rotatable bonds is 7. The molecular formula is C22H20ClN3O. The molecule has 0 saturated carbocycles. The van der Waals surface area contributed by atoms with Gasteiger partial charge in [-0.3, -0.25) is 0 Å². The molecule has 1 aromatic heterocycles. The number of ether oxygens (including phenoxy) is 1. The Bertz CT molecular complexity index is 1030. The summed E-state index contributed by atoms with van der Waals surface area (Å²) in [5.74, 6) is 1.61. The summed E-state index contributed by atoms with van der Waals surface area (Å²) >= 11 is 6.01. The Morgan fingerprint density at radius 2 is 1.78 bits per heavy atom. The molecule has 4 nitrogen and oxygen atoms in total. The van der Waals surface area contributed by atoms with E-state index in [0.717, 1.165) is 47.1 Å². The second-order valence-electron chi connectivity index (χ2n) is 6.38. The number of halogens is 1. The molecule has 0 amide bonds. The molecule has 3 aromatic carbocycles. The first-order valence-electron chi connectivity index (χ1n) is 8.91. The maximum atomic E-state index is 6.01. The lowest BCUT2D eigenvalue weighted by Crippen LogP contribution is -2.16. The molecule has 0 spiro atoms. The Morgan fingerprint density at radius 1 is 0.926 bits per heavy atom. The van der Waals surface area contributed by atoms with Crippen LogP contribution in [0.2, 0.25) is 5.02 Å². The third kappa shape index (κ3) is 4.67. The minimum absolute atomic E-state index is 0.787. The van der Waals surface area contributed by atoms with E-state index in [9.17, 15) is 0 Å². The van der Waals surface area contributed by atoms with E-state index in [2.05, 4.69) is 33.5 Å². The molecule has 4 aromatic rings. The number of aromatic amines is 1. The van der Waals surface area contributed by atoms with Crippen molar-refractivity contribution in [3.63, 3.8) is 0 Å². The van der Waals surface area contributed by atoms with Gasteiger partial charge in [0.2, 0.25) is 0 Å². The standard InChI is InChI=1S/C22H20ClN3O/c23-18-3-1-2-16(12-18)10-11-24-14-17-4-6-19(7-5-17)27-20-8-9-21-22(13-20)26-15-25-21/h1-9,12-13,15,24H,10-11,14H2,(H,25,26). The topological polar surface area (TPSA) is 49.9 Å². The fourth-order valence-corrected chi connectivity index (χ4v) is 3.16. The predicted octanol–water partition coefficient (Wildman–Crippen LogP) is 5.34. The lowest BCUT2D eigenvalue weighted by molar-refractivity contribution is 0.483. The second-order valence-corrected chi connectivity index (χ2v) is 6.82. The van der Waals surface area contributed by atoms with Crippen LogP contribution in [0, 0.1) is 0 Å². The van der Waals surface area contributed by atoms with Crippen molar-refractivity contribution in [2.24, 2.45) is 0 Å². The van der Waals surface area contributed by atoms with Crippen LogP contribution in [0.4, 0.5) is 0 Å². The summed E-state index contributed by atoms with van der Waals surface area (Å²) in [6, 6.07) is 22.0. The van der Waals surface area contributed by atoms with Gasteiger partial charge in [0.05, 0.1) is 17.4 Å². The van der Waals surface area contributed by atoms with Crippen molar-refractivity contribution in [3.8, 4) is 11.5 Å². The molecule has 5 heteroatoms. The summed E-state index contributed by atoms with van der Waals surface area (Å²) in [7, 11) is 0. The fraction of sp³-hybridized carbons (Fsp3) is 0.136. The number of H-pyrrole nitrogens is 1. The molecular weight excluding hydrogens is 358 g/mol. The quantitative estimate of drug-likeness (QED) is 0.427. The van der Waals surface area contributed by atoms with Gasteiger partial charge in [0.15, 0.2) is 0 Å². The highest BCUT2D eigenvalue weighted by Gasteiger charge is 2.02. The lowest BCUT2D eigenvalue weighted by atomic mass is 10.1. The second kappa shape index (κ2) is 8.25. The molecule has 0 radical (unpaired) electrons. The summed E-state index contributed by atoms with van der Waals surface area (Å²) in [4.78, 5) is 7.30. The largest absolute Gasteiger partial charge is 0.457 e. The summed E-state index contributed by atoms with van der Waals surface area (Å²) in [5, 5.41) is 4.25. The van der Waals surface area contributed by atoms with Crippen molar-refractivity contribution in [1.29, 1.82) is 0 Å². The predicted molar refractivity (Wildman–Crippen MR) is 109 cm³/mol. The number of benzene rings is 3. The van der Waals surface area contributed by atoms with Gasteiger partial charge in [0.25, 0.3) is 0 Å². The number of aromatic nitrogens is 2. The van der Waals surface area contributed by atoms with Crippen LogP contribution in [0.5, 0.6) is 11.5 Å². The summed E-state index contributed by atoms with van der Waals surface area (Å²) < 4.78 is 5.92. The van der Waals surface area contributed by atoms with E-state index in [1.165, 1.54) is 11.1 Å². The van der Waals surface area contributed by atoms with Crippen LogP contribution >= 0.6 is 11.6 Å². The number of nitrogens with zero attached hydrogens (tertiary/aromatic N) is 1. The van der Waals surface area contributed by atoms with Crippen LogP contribution in [0.25, 0.3) is 11.0 Å². The van der Waals surface area contributed by atoms with Crippen LogP contribution in [0.15, 0.2) is 73.1 Å². The molecule has 0 aliphatic heterocycles. The first-order valence-corrected chi connectivity index (χ1v) is 9.29. The molecule has 4 rings (SSSR count). The third-order valence-electron chi connectivity index (χ3n) is 4.36. The average Bonchev–Trinajstić information content (AvgIpc) is 3.14. The Kier molecular flexibility index (Phi) is 5.37. The van der Waals surface area contributed by atoms with E-state index < -0.39 is 0 Å². The molecule has 0 saturated heterocycles. The van der Waals surface area contributed by atoms with Gasteiger partial charge < -0.3 is 15.0 Å². The molecule has 1 heterocycles. The van der Waals surface area contributed by atoms with Gasteiger partial charge in [0, 0.05) is 17.6 Å². The summed E-state index contributed by atoms with van der Waals surface area (Å²) in [6.45, 7) is 1.73. The molecule has 0 atom stereocenters. The van der Waals surface area contributed by atoms with Crippen LogP contribution in [0.1, 0.15) is 11.1 Å². The fourth-order valence-electron chi connectivity index (χ4n) is 2.95. The van der Waals surface area contributed by atoms with Crippen molar-refractivity contribution < 1.29 is 4.74 Å². The van der Waals surface area contributed by atoms with Gasteiger partial charge >= 0.3 is 0 Å². The highest BCUT2D eigenvalue weighted by Crippen LogP contribution is 2.24. The molecule has 2 N–H and O–H groups in total. The Labute approximate surface area is 163 Å². The zero-order valence-corrected chi connectivity index (χ0v) is 15.5. The number of hydrogen-bond acceptors (Lipinski definition) is 3. The zero-order chi connectivity index (χ0) is 18.5. The van der Waals surface area contributed by atoms with Crippen LogP contribution < -0.4 is 10.1 Å². The normalized spacial score (nSPS) is 11.0. The van der Waals surface area contributed by atoms with Crippen molar-refractivity contribution in [2.45, 2.75) is 13.0 Å². The highest BCUT2D eigenvalue weighted by molar-refractivity contribution is 6.30. The van der Waals surface area contributed by atoms with Crippen LogP contribution in [-0.2, 0) is 13.0 Å². The van der Waals surface area contributed by atoms with Gasteiger partial charge in [-0.2, -0.15) is 0 Å². The van der Waals surface area contributed by atoms with E-state index in [1.807, 2.05) is 48.5 Å². The summed E-state index contributed by atoms with van der Waals surface area (Å²) in [5.41, 5.74) is 4.36. The van der Waals surface area contributed by atoms with Crippen LogP contribution in [0.3, 0.4) is 0 Å². The van der Waals surface area contributed by atoms with Crippen molar-refractivity contribution in [2.75, 3.05) is 6.54 Å². The Balaban J connectivity index is 1.28. The van der Waals surface area contributed by atoms with Crippen LogP contribution in [-0.4, -0.2) is 16.5 Å². The third-order valence-corrected chi connectivity index (χ3v) is 4.59. The van der Waals surface area contributed by atoms with E-state index in [0.29, 0.717) is 0 Å². The van der Waals surface area contributed by atoms with Gasteiger partial charge in [-0.15, -0.1) is 0 Å². The maximum absolute atomic E-state index is 6.01. The first kappa shape index (κ1) is 17.6. The minimum atomic E-state index is 0.787. The number of hydrogen-bond donors (Lipinski definition) is 2. The van der Waals surface area contributed by atoms with Crippen molar-refractivity contribution in [3.05, 3.63) is 89.2 Å². The Hall–Kier alpha value is -2.82. The molecule has 0 aliphatic carbocycles. The lowest BCUT2D eigenvalue weighted by Gasteiger charge is -2.08. The first-order chi connectivity index (χ1) is 13.3. The van der Waals surface area contributed by atoms with Gasteiger partial charge in [-0.1, -0.05) is 35.9 Å². The van der Waals surface area contributed by atoms with E-state index in [1.54, 1.807) is 6.33 Å².